The Kier molecular flexibility index (Phi) is 5.19. The monoisotopic (exact) mass is 256 g/mol. The lowest BCUT2D eigenvalue weighted by Crippen LogP contribution is -2.57. The largest absolute Gasteiger partial charge is 0.314 e. The number of thioether (sulfide) groups is 1. The third kappa shape index (κ3) is 3.18. The molecule has 0 aromatic heterocycles. The fraction of sp³-hybridized carbons (Fsp3) is 1.00. The van der Waals surface area contributed by atoms with Crippen molar-refractivity contribution in [3.63, 3.8) is 0 Å². The minimum Gasteiger partial charge on any atom is -0.314 e. The van der Waals surface area contributed by atoms with Gasteiger partial charge in [0.2, 0.25) is 0 Å². The fourth-order valence-electron chi connectivity index (χ4n) is 3.44. The molecule has 0 bridgehead atoms. The van der Waals surface area contributed by atoms with E-state index in [4.69, 9.17) is 0 Å². The van der Waals surface area contributed by atoms with Crippen molar-refractivity contribution in [1.29, 1.82) is 0 Å². The van der Waals surface area contributed by atoms with Gasteiger partial charge in [0.15, 0.2) is 0 Å². The highest BCUT2D eigenvalue weighted by atomic mass is 32.2. The van der Waals surface area contributed by atoms with Gasteiger partial charge >= 0.3 is 0 Å². The first-order chi connectivity index (χ1) is 8.24. The van der Waals surface area contributed by atoms with Crippen molar-refractivity contribution in [1.82, 2.24) is 10.2 Å². The first-order valence-electron chi connectivity index (χ1n) is 7.31. The molecule has 2 fully saturated rings. The topological polar surface area (TPSA) is 15.3 Å². The normalized spacial score (nSPS) is 40.4. The molecule has 2 nitrogen and oxygen atoms in total. The molecule has 2 heterocycles. The van der Waals surface area contributed by atoms with Gasteiger partial charge in [-0.2, -0.15) is 11.8 Å². The summed E-state index contributed by atoms with van der Waals surface area (Å²) < 4.78 is 0. The van der Waals surface area contributed by atoms with E-state index >= 15 is 0 Å². The van der Waals surface area contributed by atoms with Gasteiger partial charge in [0, 0.05) is 30.4 Å². The van der Waals surface area contributed by atoms with Gasteiger partial charge in [0.05, 0.1) is 0 Å². The van der Waals surface area contributed by atoms with E-state index < -0.39 is 0 Å². The molecule has 3 heteroatoms. The smallest absolute Gasteiger partial charge is 0.0189 e. The number of nitrogens with zero attached hydrogens (tertiary/aromatic N) is 1. The summed E-state index contributed by atoms with van der Waals surface area (Å²) in [5, 5.41) is 3.66. The van der Waals surface area contributed by atoms with Gasteiger partial charge in [-0.25, -0.2) is 0 Å². The summed E-state index contributed by atoms with van der Waals surface area (Å²) in [4.78, 5) is 2.80. The highest BCUT2D eigenvalue weighted by Gasteiger charge is 2.35. The molecule has 0 spiro atoms. The standard InChI is InChI=1S/C14H28N2S/c1-4-15-14-7-8-16(12(3)11(14)2)13-6-5-9-17-10-13/h11-15H,4-10H2,1-3H3. The summed E-state index contributed by atoms with van der Waals surface area (Å²) in [7, 11) is 0. The van der Waals surface area contributed by atoms with Crippen LogP contribution in [0.3, 0.4) is 0 Å². The molecule has 0 aliphatic carbocycles. The molecule has 4 atom stereocenters. The Morgan fingerprint density at radius 1 is 1.29 bits per heavy atom. The molecule has 4 unspecified atom stereocenters. The quantitative estimate of drug-likeness (QED) is 0.835. The van der Waals surface area contributed by atoms with E-state index in [0.29, 0.717) is 0 Å². The number of piperidine rings is 1. The predicted molar refractivity (Wildman–Crippen MR) is 77.8 cm³/mol. The second-order valence-electron chi connectivity index (χ2n) is 5.66. The Morgan fingerprint density at radius 3 is 2.76 bits per heavy atom. The zero-order valence-corrected chi connectivity index (χ0v) is 12.4. The molecule has 2 aliphatic rings. The maximum absolute atomic E-state index is 3.66. The Labute approximate surface area is 111 Å². The molecule has 0 aromatic rings. The lowest BCUT2D eigenvalue weighted by Gasteiger charge is -2.47. The highest BCUT2D eigenvalue weighted by molar-refractivity contribution is 7.99. The van der Waals surface area contributed by atoms with Crippen molar-refractivity contribution >= 4 is 11.8 Å². The van der Waals surface area contributed by atoms with Gasteiger partial charge < -0.3 is 5.32 Å². The number of hydrogen-bond acceptors (Lipinski definition) is 3. The van der Waals surface area contributed by atoms with Crippen LogP contribution in [-0.4, -0.2) is 47.6 Å². The Morgan fingerprint density at radius 2 is 2.12 bits per heavy atom. The van der Waals surface area contributed by atoms with Crippen LogP contribution < -0.4 is 5.32 Å². The molecule has 0 aromatic carbocycles. The minimum atomic E-state index is 0.738. The molecular formula is C14H28N2S. The van der Waals surface area contributed by atoms with E-state index in [-0.39, 0.29) is 0 Å². The molecule has 0 saturated carbocycles. The van der Waals surface area contributed by atoms with Crippen molar-refractivity contribution in [3.05, 3.63) is 0 Å². The van der Waals surface area contributed by atoms with Crippen LogP contribution >= 0.6 is 11.8 Å². The molecule has 0 radical (unpaired) electrons. The first kappa shape index (κ1) is 13.7. The third-order valence-electron chi connectivity index (χ3n) is 4.69. The average molecular weight is 256 g/mol. The Balaban J connectivity index is 1.92. The number of hydrogen-bond donors (Lipinski definition) is 1. The van der Waals surface area contributed by atoms with E-state index in [1.165, 1.54) is 37.3 Å². The minimum absolute atomic E-state index is 0.738. The molecule has 2 rings (SSSR count). The fourth-order valence-corrected chi connectivity index (χ4v) is 4.61. The van der Waals surface area contributed by atoms with Gasteiger partial charge in [-0.3, -0.25) is 4.90 Å². The van der Waals surface area contributed by atoms with Crippen LogP contribution in [-0.2, 0) is 0 Å². The SMILES string of the molecule is CCNC1CCN(C2CCCSC2)C(C)C1C. The molecule has 1 N–H and O–H groups in total. The maximum atomic E-state index is 3.66. The van der Waals surface area contributed by atoms with E-state index in [2.05, 4.69) is 42.7 Å². The number of nitrogens with one attached hydrogen (secondary N) is 1. The van der Waals surface area contributed by atoms with Crippen LogP contribution in [0.4, 0.5) is 0 Å². The van der Waals surface area contributed by atoms with Crippen LogP contribution in [0.1, 0.15) is 40.0 Å². The Bertz CT molecular complexity index is 228. The van der Waals surface area contributed by atoms with Crippen LogP contribution in [0.25, 0.3) is 0 Å². The molecule has 2 aliphatic heterocycles. The van der Waals surface area contributed by atoms with Crippen molar-refractivity contribution in [2.45, 2.75) is 58.2 Å². The number of rotatable bonds is 3. The summed E-state index contributed by atoms with van der Waals surface area (Å²) in [5.74, 6) is 3.53. The predicted octanol–water partition coefficient (Wildman–Crippen LogP) is 2.59. The van der Waals surface area contributed by atoms with Gasteiger partial charge in [-0.05, 0) is 44.4 Å². The van der Waals surface area contributed by atoms with Crippen LogP contribution in [0.2, 0.25) is 0 Å². The van der Waals surface area contributed by atoms with Crippen molar-refractivity contribution in [2.75, 3.05) is 24.6 Å². The molecular weight excluding hydrogens is 228 g/mol. The summed E-state index contributed by atoms with van der Waals surface area (Å²) in [6, 6.07) is 2.34. The van der Waals surface area contributed by atoms with Crippen LogP contribution in [0.5, 0.6) is 0 Å². The van der Waals surface area contributed by atoms with Crippen LogP contribution in [0, 0.1) is 5.92 Å². The average Bonchev–Trinajstić information content (AvgIpc) is 2.36. The Hall–Kier alpha value is 0.270. The zero-order valence-electron chi connectivity index (χ0n) is 11.6. The van der Waals surface area contributed by atoms with Crippen LogP contribution in [0.15, 0.2) is 0 Å². The van der Waals surface area contributed by atoms with E-state index in [1.807, 2.05) is 0 Å². The van der Waals surface area contributed by atoms with Gasteiger partial charge in [0.1, 0.15) is 0 Å². The molecule has 2 saturated heterocycles. The van der Waals surface area contributed by atoms with E-state index in [1.54, 1.807) is 0 Å². The number of likely N-dealkylation sites (tertiary alicyclic amines) is 1. The molecule has 100 valence electrons. The van der Waals surface area contributed by atoms with Crippen molar-refractivity contribution in [2.24, 2.45) is 5.92 Å². The summed E-state index contributed by atoms with van der Waals surface area (Å²) in [6.45, 7) is 9.50. The second kappa shape index (κ2) is 6.44. The van der Waals surface area contributed by atoms with E-state index in [9.17, 15) is 0 Å². The summed E-state index contributed by atoms with van der Waals surface area (Å²) in [5.41, 5.74) is 0. The molecule has 17 heavy (non-hydrogen) atoms. The lowest BCUT2D eigenvalue weighted by molar-refractivity contribution is 0.0508. The zero-order chi connectivity index (χ0) is 12.3. The van der Waals surface area contributed by atoms with Gasteiger partial charge in [-0.1, -0.05) is 13.8 Å². The molecule has 0 amide bonds. The highest BCUT2D eigenvalue weighted by Crippen LogP contribution is 2.30. The third-order valence-corrected chi connectivity index (χ3v) is 5.89. The maximum Gasteiger partial charge on any atom is 0.0189 e. The lowest BCUT2D eigenvalue weighted by atomic mass is 9.85. The second-order valence-corrected chi connectivity index (χ2v) is 6.81. The van der Waals surface area contributed by atoms with Gasteiger partial charge in [0.25, 0.3) is 0 Å². The van der Waals surface area contributed by atoms with Gasteiger partial charge in [-0.15, -0.1) is 0 Å². The van der Waals surface area contributed by atoms with E-state index in [0.717, 1.165) is 30.6 Å². The first-order valence-corrected chi connectivity index (χ1v) is 8.46. The van der Waals surface area contributed by atoms with Crippen molar-refractivity contribution in [3.8, 4) is 0 Å². The van der Waals surface area contributed by atoms with Crippen molar-refractivity contribution < 1.29 is 0 Å². The summed E-state index contributed by atoms with van der Waals surface area (Å²) in [6.07, 6.45) is 4.18. The summed E-state index contributed by atoms with van der Waals surface area (Å²) >= 11 is 2.15.